The van der Waals surface area contributed by atoms with Crippen LogP contribution in [0.4, 0.5) is 0 Å². The van der Waals surface area contributed by atoms with E-state index in [0.29, 0.717) is 0 Å². The summed E-state index contributed by atoms with van der Waals surface area (Å²) in [7, 11) is 1.46. The maximum absolute atomic E-state index is 12.8. The Morgan fingerprint density at radius 2 is 1.71 bits per heavy atom. The molecule has 4 heteroatoms. The molecule has 2 aromatic rings. The second kappa shape index (κ2) is 6.04. The quantitative estimate of drug-likeness (QED) is 0.811. The summed E-state index contributed by atoms with van der Waals surface area (Å²) in [5.74, 6) is -0.202. The van der Waals surface area contributed by atoms with E-state index in [1.807, 2.05) is 48.5 Å². The van der Waals surface area contributed by atoms with Crippen molar-refractivity contribution < 1.29 is 14.3 Å². The van der Waals surface area contributed by atoms with E-state index in [0.717, 1.165) is 30.5 Å². The fourth-order valence-electron chi connectivity index (χ4n) is 4.15. The number of benzene rings is 2. The van der Waals surface area contributed by atoms with Crippen LogP contribution in [-0.4, -0.2) is 30.1 Å². The molecule has 2 aliphatic heterocycles. The van der Waals surface area contributed by atoms with Crippen molar-refractivity contribution in [2.75, 3.05) is 13.7 Å². The molecule has 2 aliphatic rings. The number of rotatable bonds is 3. The number of hydrogen-bond acceptors (Lipinski definition) is 4. The van der Waals surface area contributed by atoms with Crippen LogP contribution in [0.5, 0.6) is 0 Å². The van der Waals surface area contributed by atoms with Gasteiger partial charge in [-0.15, -0.1) is 0 Å². The van der Waals surface area contributed by atoms with Gasteiger partial charge >= 0.3 is 5.97 Å². The summed E-state index contributed by atoms with van der Waals surface area (Å²) >= 11 is 0. The largest absolute Gasteiger partial charge is 0.468 e. The molecule has 0 amide bonds. The van der Waals surface area contributed by atoms with Crippen LogP contribution in [0.3, 0.4) is 0 Å². The Morgan fingerprint density at radius 3 is 2.33 bits per heavy atom. The minimum absolute atomic E-state index is 0.202. The highest BCUT2D eigenvalue weighted by molar-refractivity contribution is 5.83. The molecule has 0 bridgehead atoms. The number of methoxy groups -OCH3 is 1. The van der Waals surface area contributed by atoms with Gasteiger partial charge < -0.3 is 9.47 Å². The van der Waals surface area contributed by atoms with Crippen molar-refractivity contribution in [2.45, 2.75) is 30.7 Å². The van der Waals surface area contributed by atoms with Crippen molar-refractivity contribution in [1.82, 2.24) is 4.90 Å². The molecule has 4 rings (SSSR count). The summed E-state index contributed by atoms with van der Waals surface area (Å²) in [4.78, 5) is 15.0. The topological polar surface area (TPSA) is 38.8 Å². The van der Waals surface area contributed by atoms with Crippen molar-refractivity contribution in [2.24, 2.45) is 0 Å². The van der Waals surface area contributed by atoms with E-state index in [9.17, 15) is 4.79 Å². The average molecular weight is 323 g/mol. The number of carbonyl (C=O) groups excluding carboxylic acids is 1. The third-order valence-electron chi connectivity index (χ3n) is 5.18. The molecule has 0 saturated carbocycles. The van der Waals surface area contributed by atoms with Gasteiger partial charge in [0.25, 0.3) is 0 Å². The van der Waals surface area contributed by atoms with Crippen molar-refractivity contribution >= 4 is 5.97 Å². The van der Waals surface area contributed by atoms with Gasteiger partial charge in [-0.1, -0.05) is 60.7 Å². The van der Waals surface area contributed by atoms with Crippen molar-refractivity contribution in [1.29, 1.82) is 0 Å². The fraction of sp³-hybridized carbons (Fsp3) is 0.350. The van der Waals surface area contributed by atoms with E-state index in [4.69, 9.17) is 9.47 Å². The molecule has 2 saturated heterocycles. The van der Waals surface area contributed by atoms with Gasteiger partial charge in [-0.2, -0.15) is 0 Å². The van der Waals surface area contributed by atoms with Crippen LogP contribution in [0.15, 0.2) is 60.7 Å². The van der Waals surface area contributed by atoms with Gasteiger partial charge in [-0.05, 0) is 24.0 Å². The predicted molar refractivity (Wildman–Crippen MR) is 90.1 cm³/mol. The molecule has 2 fully saturated rings. The number of ether oxygens (including phenoxy) is 2. The van der Waals surface area contributed by atoms with Crippen LogP contribution in [0, 0.1) is 0 Å². The van der Waals surface area contributed by atoms with Crippen LogP contribution in [-0.2, 0) is 14.3 Å². The second-order valence-electron chi connectivity index (χ2n) is 6.40. The van der Waals surface area contributed by atoms with E-state index in [1.165, 1.54) is 7.11 Å². The first-order valence-corrected chi connectivity index (χ1v) is 8.38. The van der Waals surface area contributed by atoms with E-state index >= 15 is 0 Å². The zero-order valence-corrected chi connectivity index (χ0v) is 13.7. The van der Waals surface area contributed by atoms with Gasteiger partial charge in [0, 0.05) is 6.54 Å². The Bertz CT molecular complexity index is 718. The standard InChI is InChI=1S/C20H21NO3/c1-23-19(22)20-13-8-14-21(20)18(16-11-6-3-7-12-16)24-17(20)15-9-4-2-5-10-15/h2-7,9-12,17-18H,8,13-14H2,1H3/t17-,18+,20+/m0/s1. The van der Waals surface area contributed by atoms with Crippen molar-refractivity contribution in [3.63, 3.8) is 0 Å². The maximum Gasteiger partial charge on any atom is 0.329 e. The highest BCUT2D eigenvalue weighted by Crippen LogP contribution is 2.54. The maximum atomic E-state index is 12.8. The summed E-state index contributed by atoms with van der Waals surface area (Å²) < 4.78 is 11.7. The molecule has 3 atom stereocenters. The summed E-state index contributed by atoms with van der Waals surface area (Å²) in [6.07, 6.45) is 1.17. The molecule has 124 valence electrons. The summed E-state index contributed by atoms with van der Waals surface area (Å²) in [6.45, 7) is 0.831. The molecule has 4 nitrogen and oxygen atoms in total. The predicted octanol–water partition coefficient (Wildman–Crippen LogP) is 3.46. The Hall–Kier alpha value is -2.17. The lowest BCUT2D eigenvalue weighted by Crippen LogP contribution is -2.50. The first kappa shape index (κ1) is 15.4. The minimum Gasteiger partial charge on any atom is -0.468 e. The van der Waals surface area contributed by atoms with Gasteiger partial charge in [0.2, 0.25) is 0 Å². The Labute approximate surface area is 142 Å². The molecule has 0 aliphatic carbocycles. The van der Waals surface area contributed by atoms with Crippen molar-refractivity contribution in [3.8, 4) is 0 Å². The summed E-state index contributed by atoms with van der Waals surface area (Å²) in [5, 5.41) is 0. The zero-order chi connectivity index (χ0) is 16.6. The zero-order valence-electron chi connectivity index (χ0n) is 13.7. The molecule has 0 N–H and O–H groups in total. The molecule has 0 unspecified atom stereocenters. The summed E-state index contributed by atoms with van der Waals surface area (Å²) in [6, 6.07) is 20.1. The highest BCUT2D eigenvalue weighted by atomic mass is 16.6. The summed E-state index contributed by atoms with van der Waals surface area (Å²) in [5.41, 5.74) is 1.36. The van der Waals surface area contributed by atoms with Gasteiger partial charge in [-0.25, -0.2) is 4.79 Å². The molecular formula is C20H21NO3. The van der Waals surface area contributed by atoms with E-state index < -0.39 is 5.54 Å². The molecule has 0 spiro atoms. The highest BCUT2D eigenvalue weighted by Gasteiger charge is 2.63. The average Bonchev–Trinajstić information content (AvgIpc) is 3.21. The molecule has 0 radical (unpaired) electrons. The third-order valence-corrected chi connectivity index (χ3v) is 5.18. The van der Waals surface area contributed by atoms with Crippen LogP contribution in [0.25, 0.3) is 0 Å². The lowest BCUT2D eigenvalue weighted by Gasteiger charge is -2.33. The number of esters is 1. The van der Waals surface area contributed by atoms with Crippen LogP contribution in [0.1, 0.15) is 36.3 Å². The smallest absolute Gasteiger partial charge is 0.329 e. The van der Waals surface area contributed by atoms with E-state index in [1.54, 1.807) is 0 Å². The van der Waals surface area contributed by atoms with E-state index in [2.05, 4.69) is 17.0 Å². The van der Waals surface area contributed by atoms with Crippen LogP contribution < -0.4 is 0 Å². The fourth-order valence-corrected chi connectivity index (χ4v) is 4.15. The lowest BCUT2D eigenvalue weighted by molar-refractivity contribution is -0.153. The number of nitrogens with zero attached hydrogens (tertiary/aromatic N) is 1. The second-order valence-corrected chi connectivity index (χ2v) is 6.40. The molecule has 2 heterocycles. The minimum atomic E-state index is -0.739. The van der Waals surface area contributed by atoms with Gasteiger partial charge in [0.15, 0.2) is 5.54 Å². The Kier molecular flexibility index (Phi) is 3.87. The first-order chi connectivity index (χ1) is 11.8. The van der Waals surface area contributed by atoms with Crippen LogP contribution >= 0.6 is 0 Å². The van der Waals surface area contributed by atoms with Gasteiger partial charge in [-0.3, -0.25) is 4.90 Å². The third kappa shape index (κ3) is 2.18. The normalized spacial score (nSPS) is 29.4. The van der Waals surface area contributed by atoms with Crippen molar-refractivity contribution in [3.05, 3.63) is 71.8 Å². The van der Waals surface area contributed by atoms with Crippen LogP contribution in [0.2, 0.25) is 0 Å². The number of fused-ring (bicyclic) bond motifs is 1. The lowest BCUT2D eigenvalue weighted by atomic mass is 9.86. The Morgan fingerprint density at radius 1 is 1.08 bits per heavy atom. The van der Waals surface area contributed by atoms with Gasteiger partial charge in [0.1, 0.15) is 12.3 Å². The van der Waals surface area contributed by atoms with E-state index in [-0.39, 0.29) is 18.3 Å². The monoisotopic (exact) mass is 323 g/mol. The number of hydrogen-bond donors (Lipinski definition) is 0. The Balaban J connectivity index is 1.82. The molecule has 24 heavy (non-hydrogen) atoms. The molecule has 0 aromatic heterocycles. The first-order valence-electron chi connectivity index (χ1n) is 8.38. The SMILES string of the molecule is COC(=O)[C@]12CCCN1[C@@H](c1ccccc1)O[C@H]2c1ccccc1. The number of carbonyl (C=O) groups is 1. The molecule has 2 aromatic carbocycles. The molecular weight excluding hydrogens is 302 g/mol. The van der Waals surface area contributed by atoms with Gasteiger partial charge in [0.05, 0.1) is 7.11 Å².